The molecule has 0 atom stereocenters. The number of hydrogen-bond acceptors (Lipinski definition) is 5. The average Bonchev–Trinajstić information content (AvgIpc) is 2.42. The van der Waals surface area contributed by atoms with E-state index in [1.54, 1.807) is 19.1 Å². The monoisotopic (exact) mass is 352 g/mol. The van der Waals surface area contributed by atoms with E-state index in [1.807, 2.05) is 0 Å². The molecule has 0 radical (unpaired) electrons. The second kappa shape index (κ2) is 6.40. The number of anilines is 1. The van der Waals surface area contributed by atoms with Crippen LogP contribution in [0.15, 0.2) is 39.9 Å². The molecular weight excluding hydrogens is 343 g/mol. The Morgan fingerprint density at radius 1 is 1.43 bits per heavy atom. The fraction of sp³-hybridized carbons (Fsp3) is 0.0769. The number of nitrogens with one attached hydrogen (secondary N) is 1. The molecule has 0 aliphatic heterocycles. The highest BCUT2D eigenvalue weighted by Gasteiger charge is 2.14. The Bertz CT molecular complexity index is 721. The van der Waals surface area contributed by atoms with Crippen molar-refractivity contribution in [1.29, 1.82) is 0 Å². The number of aromatic nitrogens is 1. The Kier molecular flexibility index (Phi) is 4.59. The van der Waals surface area contributed by atoms with E-state index in [9.17, 15) is 14.5 Å². The summed E-state index contributed by atoms with van der Waals surface area (Å²) in [5.74, 6) is -0.325. The lowest BCUT2D eigenvalue weighted by Gasteiger charge is -2.02. The molecule has 1 N–H and O–H groups in total. The van der Waals surface area contributed by atoms with Crippen LogP contribution in [0.25, 0.3) is 0 Å². The van der Waals surface area contributed by atoms with Gasteiger partial charge in [0, 0.05) is 11.8 Å². The van der Waals surface area contributed by atoms with Crippen LogP contribution >= 0.6 is 15.9 Å². The van der Waals surface area contributed by atoms with Crippen LogP contribution in [0.5, 0.6) is 0 Å². The summed E-state index contributed by atoms with van der Waals surface area (Å²) in [6.07, 6.45) is 1.41. The van der Waals surface area contributed by atoms with Gasteiger partial charge in [0.15, 0.2) is 0 Å². The van der Waals surface area contributed by atoms with Gasteiger partial charge in [0.2, 0.25) is 5.82 Å². The van der Waals surface area contributed by atoms with Crippen LogP contribution in [-0.2, 0) is 0 Å². The molecule has 0 aliphatic rings. The van der Waals surface area contributed by atoms with E-state index in [1.165, 1.54) is 24.4 Å². The lowest BCUT2D eigenvalue weighted by molar-refractivity contribution is -0.384. The molecule has 1 aromatic heterocycles. The van der Waals surface area contributed by atoms with Crippen molar-refractivity contribution in [3.63, 3.8) is 0 Å². The number of pyridine rings is 1. The van der Waals surface area contributed by atoms with Crippen LogP contribution in [0.2, 0.25) is 0 Å². The van der Waals surface area contributed by atoms with Crippen molar-refractivity contribution in [3.8, 4) is 0 Å². The smallest absolute Gasteiger partial charge is 0.258 e. The van der Waals surface area contributed by atoms with E-state index in [2.05, 4.69) is 31.4 Å². The van der Waals surface area contributed by atoms with Gasteiger partial charge in [0.05, 0.1) is 15.6 Å². The summed E-state index contributed by atoms with van der Waals surface area (Å²) in [4.78, 5) is 14.4. The molecule has 0 unspecified atom stereocenters. The Morgan fingerprint density at radius 2 is 2.19 bits per heavy atom. The molecule has 1 heterocycles. The van der Waals surface area contributed by atoms with Crippen molar-refractivity contribution in [2.45, 2.75) is 6.92 Å². The summed E-state index contributed by atoms with van der Waals surface area (Å²) in [6.45, 7) is 1.72. The van der Waals surface area contributed by atoms with Gasteiger partial charge in [-0.3, -0.25) is 15.5 Å². The van der Waals surface area contributed by atoms with Crippen LogP contribution in [0.1, 0.15) is 11.3 Å². The average molecular weight is 353 g/mol. The minimum atomic E-state index is -0.543. The van der Waals surface area contributed by atoms with Gasteiger partial charge < -0.3 is 0 Å². The van der Waals surface area contributed by atoms with Crippen molar-refractivity contribution in [2.75, 3.05) is 5.43 Å². The SMILES string of the molecule is Cc1ccc([N+](=O)[O-])c(N/N=C\c2ccc(F)c(Br)c2)n1. The Hall–Kier alpha value is -2.35. The molecule has 2 aromatic rings. The number of nitro groups is 1. The van der Waals surface area contributed by atoms with Gasteiger partial charge >= 0.3 is 5.69 Å². The van der Waals surface area contributed by atoms with Crippen molar-refractivity contribution < 1.29 is 9.31 Å². The lowest BCUT2D eigenvalue weighted by atomic mass is 10.2. The van der Waals surface area contributed by atoms with Gasteiger partial charge in [-0.1, -0.05) is 6.07 Å². The normalized spacial score (nSPS) is 10.8. The summed E-state index contributed by atoms with van der Waals surface area (Å²) in [5, 5.41) is 14.8. The lowest BCUT2D eigenvalue weighted by Crippen LogP contribution is -2.00. The summed E-state index contributed by atoms with van der Waals surface area (Å²) in [7, 11) is 0. The maximum atomic E-state index is 13.1. The van der Waals surface area contributed by atoms with E-state index in [-0.39, 0.29) is 17.3 Å². The van der Waals surface area contributed by atoms with Gasteiger partial charge in [-0.05, 0) is 46.6 Å². The van der Waals surface area contributed by atoms with Crippen LogP contribution in [0.3, 0.4) is 0 Å². The minimum absolute atomic E-state index is 0.0532. The molecule has 0 fully saturated rings. The standard InChI is InChI=1S/C13H10BrFN4O2/c1-8-2-5-12(19(20)21)13(17-8)18-16-7-9-3-4-11(15)10(14)6-9/h2-7H,1H3,(H,17,18)/b16-7-. The van der Waals surface area contributed by atoms with Gasteiger partial charge in [0.25, 0.3) is 0 Å². The molecule has 0 aliphatic carbocycles. The maximum Gasteiger partial charge on any atom is 0.313 e. The van der Waals surface area contributed by atoms with Gasteiger partial charge in [-0.25, -0.2) is 9.37 Å². The third kappa shape index (κ3) is 3.82. The van der Waals surface area contributed by atoms with Crippen molar-refractivity contribution >= 4 is 33.6 Å². The van der Waals surface area contributed by atoms with Crippen LogP contribution in [0.4, 0.5) is 15.9 Å². The second-order valence-corrected chi connectivity index (χ2v) is 4.98. The van der Waals surface area contributed by atoms with E-state index >= 15 is 0 Å². The predicted molar refractivity (Wildman–Crippen MR) is 80.9 cm³/mol. The van der Waals surface area contributed by atoms with Crippen LogP contribution < -0.4 is 5.43 Å². The number of hydrogen-bond donors (Lipinski definition) is 1. The Morgan fingerprint density at radius 3 is 2.86 bits per heavy atom. The van der Waals surface area contributed by atoms with Gasteiger partial charge in [-0.15, -0.1) is 0 Å². The molecule has 8 heteroatoms. The van der Waals surface area contributed by atoms with Crippen molar-refractivity contribution in [1.82, 2.24) is 4.98 Å². The molecule has 0 saturated heterocycles. The fourth-order valence-corrected chi connectivity index (χ4v) is 1.94. The number of halogens is 2. The number of rotatable bonds is 4. The molecule has 0 amide bonds. The first kappa shape index (κ1) is 15.0. The summed E-state index contributed by atoms with van der Waals surface area (Å²) in [5.41, 5.74) is 3.62. The summed E-state index contributed by atoms with van der Waals surface area (Å²) in [6, 6.07) is 7.26. The maximum absolute atomic E-state index is 13.1. The third-order valence-corrected chi connectivity index (χ3v) is 3.15. The van der Waals surface area contributed by atoms with Crippen molar-refractivity contribution in [2.24, 2.45) is 5.10 Å². The first-order valence-corrected chi connectivity index (χ1v) is 6.63. The van der Waals surface area contributed by atoms with E-state index in [4.69, 9.17) is 0 Å². The first-order chi connectivity index (χ1) is 9.97. The largest absolute Gasteiger partial charge is 0.313 e. The fourth-order valence-electron chi connectivity index (χ4n) is 1.54. The molecule has 0 saturated carbocycles. The van der Waals surface area contributed by atoms with Gasteiger partial charge in [-0.2, -0.15) is 5.10 Å². The number of nitrogens with zero attached hydrogens (tertiary/aromatic N) is 3. The number of hydrazone groups is 1. The molecule has 6 nitrogen and oxygen atoms in total. The topological polar surface area (TPSA) is 80.4 Å². The van der Waals surface area contributed by atoms with Crippen LogP contribution in [0, 0.1) is 22.9 Å². The van der Waals surface area contributed by atoms with E-state index < -0.39 is 4.92 Å². The van der Waals surface area contributed by atoms with Gasteiger partial charge in [0.1, 0.15) is 5.82 Å². The van der Waals surface area contributed by atoms with E-state index in [0.29, 0.717) is 15.7 Å². The first-order valence-electron chi connectivity index (χ1n) is 5.83. The summed E-state index contributed by atoms with van der Waals surface area (Å²) < 4.78 is 13.4. The molecule has 2 rings (SSSR count). The highest BCUT2D eigenvalue weighted by atomic mass is 79.9. The quantitative estimate of drug-likeness (QED) is 0.517. The van der Waals surface area contributed by atoms with Crippen molar-refractivity contribution in [3.05, 3.63) is 62.0 Å². The molecule has 0 spiro atoms. The Labute approximate surface area is 128 Å². The predicted octanol–water partition coefficient (Wildman–Crippen LogP) is 3.65. The molecule has 21 heavy (non-hydrogen) atoms. The zero-order valence-electron chi connectivity index (χ0n) is 10.9. The molecule has 0 bridgehead atoms. The molecule has 1 aromatic carbocycles. The van der Waals surface area contributed by atoms with E-state index in [0.717, 1.165) is 0 Å². The third-order valence-electron chi connectivity index (χ3n) is 2.54. The molecule has 108 valence electrons. The highest BCUT2D eigenvalue weighted by Crippen LogP contribution is 2.22. The number of benzene rings is 1. The number of aryl methyl sites for hydroxylation is 1. The minimum Gasteiger partial charge on any atom is -0.258 e. The zero-order valence-corrected chi connectivity index (χ0v) is 12.5. The Balaban J connectivity index is 2.19. The zero-order chi connectivity index (χ0) is 15.4. The van der Waals surface area contributed by atoms with Crippen LogP contribution in [-0.4, -0.2) is 16.1 Å². The molecular formula is C13H10BrFN4O2. The second-order valence-electron chi connectivity index (χ2n) is 4.12. The summed E-state index contributed by atoms with van der Waals surface area (Å²) >= 11 is 3.06. The highest BCUT2D eigenvalue weighted by molar-refractivity contribution is 9.10.